The van der Waals surface area contributed by atoms with E-state index in [1.807, 2.05) is 11.3 Å². The summed E-state index contributed by atoms with van der Waals surface area (Å²) < 4.78 is 0. The second-order valence-corrected chi connectivity index (χ2v) is 5.72. The van der Waals surface area contributed by atoms with Crippen LogP contribution in [0.1, 0.15) is 4.88 Å². The van der Waals surface area contributed by atoms with Gasteiger partial charge in [-0.1, -0.05) is 6.07 Å². The molecule has 2 rings (SSSR count). The van der Waals surface area contributed by atoms with Crippen LogP contribution in [0, 0.1) is 0 Å². The summed E-state index contributed by atoms with van der Waals surface area (Å²) >= 11 is 1.84. The average molecular weight is 239 g/mol. The lowest BCUT2D eigenvalue weighted by Gasteiger charge is -2.33. The molecule has 0 aromatic carbocycles. The lowest BCUT2D eigenvalue weighted by Crippen LogP contribution is -2.53. The van der Waals surface area contributed by atoms with Crippen molar-refractivity contribution in [2.45, 2.75) is 12.6 Å². The first-order chi connectivity index (χ1) is 7.74. The highest BCUT2D eigenvalue weighted by molar-refractivity contribution is 7.09. The highest BCUT2D eigenvalue weighted by atomic mass is 32.1. The number of nitrogens with one attached hydrogen (secondary N) is 1. The van der Waals surface area contributed by atoms with Gasteiger partial charge in [0.2, 0.25) is 0 Å². The topological polar surface area (TPSA) is 18.5 Å². The minimum absolute atomic E-state index is 0.615. The molecule has 1 fully saturated rings. The molecular weight excluding hydrogens is 218 g/mol. The fourth-order valence-electron chi connectivity index (χ4n) is 2.22. The molecule has 0 saturated carbocycles. The van der Waals surface area contributed by atoms with Crippen molar-refractivity contribution < 1.29 is 0 Å². The first-order valence-electron chi connectivity index (χ1n) is 5.87. The van der Waals surface area contributed by atoms with Gasteiger partial charge in [0.15, 0.2) is 0 Å². The quantitative estimate of drug-likeness (QED) is 0.848. The number of likely N-dealkylation sites (N-methyl/N-ethyl adjacent to an activating group) is 2. The zero-order valence-electron chi connectivity index (χ0n) is 10.1. The van der Waals surface area contributed by atoms with Crippen LogP contribution in [0.25, 0.3) is 0 Å². The van der Waals surface area contributed by atoms with Gasteiger partial charge in [0.1, 0.15) is 0 Å². The van der Waals surface area contributed by atoms with Crippen LogP contribution in [0.2, 0.25) is 0 Å². The van der Waals surface area contributed by atoms with Crippen LogP contribution in [0.4, 0.5) is 0 Å². The van der Waals surface area contributed by atoms with Crippen LogP contribution in [0.3, 0.4) is 0 Å². The fourth-order valence-corrected chi connectivity index (χ4v) is 3.01. The van der Waals surface area contributed by atoms with E-state index in [9.17, 15) is 0 Å². The van der Waals surface area contributed by atoms with Gasteiger partial charge in [0, 0.05) is 43.6 Å². The molecule has 1 atom stereocenters. The molecule has 16 heavy (non-hydrogen) atoms. The van der Waals surface area contributed by atoms with Crippen molar-refractivity contribution in [2.24, 2.45) is 0 Å². The number of thiophene rings is 1. The van der Waals surface area contributed by atoms with E-state index < -0.39 is 0 Å². The van der Waals surface area contributed by atoms with E-state index in [1.54, 1.807) is 0 Å². The van der Waals surface area contributed by atoms with Crippen molar-refractivity contribution in [1.82, 2.24) is 15.1 Å². The standard InChI is InChI=1S/C12H21N3S/c1-14-6-5-13-11(8-14)9-15(2)10-12-4-3-7-16-12/h3-4,7,11,13H,5-6,8-10H2,1-2H3. The molecule has 1 aliphatic heterocycles. The third kappa shape index (κ3) is 3.56. The fraction of sp³-hybridized carbons (Fsp3) is 0.667. The SMILES string of the molecule is CN1CCNC(CN(C)Cc2cccs2)C1. The van der Waals surface area contributed by atoms with Crippen molar-refractivity contribution in [3.8, 4) is 0 Å². The van der Waals surface area contributed by atoms with Crippen molar-refractivity contribution in [1.29, 1.82) is 0 Å². The highest BCUT2D eigenvalue weighted by Gasteiger charge is 2.17. The number of hydrogen-bond acceptors (Lipinski definition) is 4. The van der Waals surface area contributed by atoms with E-state index in [1.165, 1.54) is 11.4 Å². The van der Waals surface area contributed by atoms with Gasteiger partial charge in [-0.25, -0.2) is 0 Å². The molecule has 1 aliphatic rings. The van der Waals surface area contributed by atoms with Gasteiger partial charge in [0.25, 0.3) is 0 Å². The lowest BCUT2D eigenvalue weighted by atomic mass is 10.2. The number of nitrogens with zero attached hydrogens (tertiary/aromatic N) is 2. The van der Waals surface area contributed by atoms with Crippen LogP contribution < -0.4 is 5.32 Å². The molecule has 0 amide bonds. The van der Waals surface area contributed by atoms with E-state index >= 15 is 0 Å². The second-order valence-electron chi connectivity index (χ2n) is 4.69. The Morgan fingerprint density at radius 2 is 2.50 bits per heavy atom. The molecule has 1 aromatic heterocycles. The van der Waals surface area contributed by atoms with Gasteiger partial charge >= 0.3 is 0 Å². The number of rotatable bonds is 4. The molecule has 3 nitrogen and oxygen atoms in total. The van der Waals surface area contributed by atoms with Gasteiger partial charge in [0.05, 0.1) is 0 Å². The van der Waals surface area contributed by atoms with Gasteiger partial charge in [-0.3, -0.25) is 4.90 Å². The maximum Gasteiger partial charge on any atom is 0.0325 e. The van der Waals surface area contributed by atoms with Crippen molar-refractivity contribution >= 4 is 11.3 Å². The largest absolute Gasteiger partial charge is 0.310 e. The van der Waals surface area contributed by atoms with Crippen molar-refractivity contribution in [3.63, 3.8) is 0 Å². The molecule has 1 N–H and O–H groups in total. The zero-order valence-corrected chi connectivity index (χ0v) is 11.0. The number of piperazine rings is 1. The Labute approximate surface area is 102 Å². The maximum atomic E-state index is 3.58. The molecule has 2 heterocycles. The summed E-state index contributed by atoms with van der Waals surface area (Å²) in [6.07, 6.45) is 0. The van der Waals surface area contributed by atoms with Gasteiger partial charge in [-0.05, 0) is 25.5 Å². The third-order valence-corrected chi connectivity index (χ3v) is 3.86. The Kier molecular flexibility index (Phi) is 4.35. The molecule has 1 unspecified atom stereocenters. The van der Waals surface area contributed by atoms with Crippen molar-refractivity contribution in [2.75, 3.05) is 40.3 Å². The number of hydrogen-bond donors (Lipinski definition) is 1. The minimum atomic E-state index is 0.615. The average Bonchev–Trinajstić information content (AvgIpc) is 2.70. The molecule has 0 spiro atoms. The summed E-state index contributed by atoms with van der Waals surface area (Å²) in [6, 6.07) is 4.95. The molecule has 0 radical (unpaired) electrons. The van der Waals surface area contributed by atoms with E-state index in [2.05, 4.69) is 46.7 Å². The van der Waals surface area contributed by atoms with Crippen LogP contribution >= 0.6 is 11.3 Å². The summed E-state index contributed by atoms with van der Waals surface area (Å²) in [7, 11) is 4.41. The second kappa shape index (κ2) is 5.77. The molecular formula is C12H21N3S. The Bertz CT molecular complexity index is 299. The molecule has 1 aromatic rings. The van der Waals surface area contributed by atoms with Crippen LogP contribution in [-0.2, 0) is 6.54 Å². The summed E-state index contributed by atoms with van der Waals surface area (Å²) in [5, 5.41) is 5.73. The first-order valence-corrected chi connectivity index (χ1v) is 6.75. The minimum Gasteiger partial charge on any atom is -0.310 e. The zero-order chi connectivity index (χ0) is 11.4. The lowest BCUT2D eigenvalue weighted by molar-refractivity contribution is 0.193. The smallest absolute Gasteiger partial charge is 0.0325 e. The summed E-state index contributed by atoms with van der Waals surface area (Å²) in [5.74, 6) is 0. The predicted octanol–water partition coefficient (Wildman–Crippen LogP) is 1.08. The van der Waals surface area contributed by atoms with Crippen molar-refractivity contribution in [3.05, 3.63) is 22.4 Å². The molecule has 4 heteroatoms. The Hall–Kier alpha value is -0.420. The van der Waals surface area contributed by atoms with Gasteiger partial charge in [-0.15, -0.1) is 11.3 Å². The highest BCUT2D eigenvalue weighted by Crippen LogP contribution is 2.11. The molecule has 90 valence electrons. The Morgan fingerprint density at radius 3 is 3.19 bits per heavy atom. The molecule has 0 aliphatic carbocycles. The van der Waals surface area contributed by atoms with E-state index in [0.29, 0.717) is 6.04 Å². The van der Waals surface area contributed by atoms with E-state index in [4.69, 9.17) is 0 Å². The maximum absolute atomic E-state index is 3.58. The van der Waals surface area contributed by atoms with Crippen LogP contribution in [-0.4, -0.2) is 56.1 Å². The van der Waals surface area contributed by atoms with E-state index in [0.717, 1.165) is 26.2 Å². The van der Waals surface area contributed by atoms with E-state index in [-0.39, 0.29) is 0 Å². The predicted molar refractivity (Wildman–Crippen MR) is 69.9 cm³/mol. The first kappa shape index (κ1) is 12.0. The normalized spacial score (nSPS) is 22.8. The van der Waals surface area contributed by atoms with Crippen LogP contribution in [0.15, 0.2) is 17.5 Å². The third-order valence-electron chi connectivity index (χ3n) is 3.00. The van der Waals surface area contributed by atoms with Gasteiger partial charge < -0.3 is 10.2 Å². The summed E-state index contributed by atoms with van der Waals surface area (Å²) in [5.41, 5.74) is 0. The molecule has 0 bridgehead atoms. The van der Waals surface area contributed by atoms with Gasteiger partial charge in [-0.2, -0.15) is 0 Å². The van der Waals surface area contributed by atoms with Crippen LogP contribution in [0.5, 0.6) is 0 Å². The molecule has 1 saturated heterocycles. The summed E-state index contributed by atoms with van der Waals surface area (Å²) in [4.78, 5) is 6.26. The monoisotopic (exact) mass is 239 g/mol. The Balaban J connectivity index is 1.76. The summed E-state index contributed by atoms with van der Waals surface area (Å²) in [6.45, 7) is 5.65. The Morgan fingerprint density at radius 1 is 1.62 bits per heavy atom.